The van der Waals surface area contributed by atoms with E-state index in [1.807, 2.05) is 52.0 Å². The second-order valence-electron chi connectivity index (χ2n) is 8.12. The molecule has 6 nitrogen and oxygen atoms in total. The van der Waals surface area contributed by atoms with E-state index in [1.54, 1.807) is 23.1 Å². The molecule has 1 fully saturated rings. The van der Waals surface area contributed by atoms with Crippen LogP contribution in [0.4, 0.5) is 0 Å². The number of fused-ring (bicyclic) bond motifs is 1. The van der Waals surface area contributed by atoms with Gasteiger partial charge in [0.25, 0.3) is 11.7 Å². The number of amides is 1. The first-order valence-corrected chi connectivity index (χ1v) is 11.0. The van der Waals surface area contributed by atoms with Crippen LogP contribution in [0.1, 0.15) is 48.7 Å². The quantitative estimate of drug-likeness (QED) is 0.326. The predicted molar refractivity (Wildman–Crippen MR) is 125 cm³/mol. The Labute approximate surface area is 187 Å². The summed E-state index contributed by atoms with van der Waals surface area (Å²) in [6, 6.07) is 12.4. The van der Waals surface area contributed by atoms with Gasteiger partial charge >= 0.3 is 0 Å². The number of ether oxygens (including phenoxy) is 1. The van der Waals surface area contributed by atoms with E-state index in [2.05, 4.69) is 4.98 Å². The number of hydrogen-bond donors (Lipinski definition) is 2. The van der Waals surface area contributed by atoms with Crippen LogP contribution < -0.4 is 4.74 Å². The fourth-order valence-corrected chi connectivity index (χ4v) is 4.57. The molecule has 1 atom stereocenters. The number of benzene rings is 2. The average Bonchev–Trinajstić information content (AvgIpc) is 3.23. The van der Waals surface area contributed by atoms with E-state index in [9.17, 15) is 14.7 Å². The van der Waals surface area contributed by atoms with E-state index in [4.69, 9.17) is 4.74 Å². The summed E-state index contributed by atoms with van der Waals surface area (Å²) in [6.07, 6.45) is 0.702. The zero-order chi connectivity index (χ0) is 23.0. The molecule has 0 bridgehead atoms. The highest BCUT2D eigenvalue weighted by molar-refractivity contribution is 6.46. The van der Waals surface area contributed by atoms with E-state index >= 15 is 0 Å². The minimum absolute atomic E-state index is 0.125. The second kappa shape index (κ2) is 8.54. The van der Waals surface area contributed by atoms with E-state index in [-0.39, 0.29) is 11.3 Å². The highest BCUT2D eigenvalue weighted by Crippen LogP contribution is 2.43. The lowest BCUT2D eigenvalue weighted by Gasteiger charge is -2.25. The number of hydrogen-bond acceptors (Lipinski definition) is 4. The average molecular weight is 433 g/mol. The highest BCUT2D eigenvalue weighted by atomic mass is 16.5. The van der Waals surface area contributed by atoms with Gasteiger partial charge in [-0.3, -0.25) is 9.59 Å². The Balaban J connectivity index is 1.94. The normalized spacial score (nSPS) is 18.0. The van der Waals surface area contributed by atoms with Crippen molar-refractivity contribution in [1.29, 1.82) is 0 Å². The van der Waals surface area contributed by atoms with Crippen molar-refractivity contribution in [1.82, 2.24) is 9.88 Å². The van der Waals surface area contributed by atoms with Crippen LogP contribution in [0.5, 0.6) is 5.75 Å². The number of para-hydroxylation sites is 1. The molecule has 2 heterocycles. The van der Waals surface area contributed by atoms with Crippen molar-refractivity contribution in [2.24, 2.45) is 0 Å². The molecule has 1 amide bonds. The standard InChI is InChI=1S/C26H28N2O4/c1-5-13-28-23(21-16(4)27-19-10-8-7-9-18(19)21)22(25(30)26(28)31)24(29)17-11-12-20(32-6-2)15(3)14-17/h7-12,14,23,27,29H,5-6,13H2,1-4H3/b24-22+. The van der Waals surface area contributed by atoms with Crippen LogP contribution in [0.3, 0.4) is 0 Å². The summed E-state index contributed by atoms with van der Waals surface area (Å²) in [7, 11) is 0. The Bertz CT molecular complexity index is 1240. The number of ketones is 1. The van der Waals surface area contributed by atoms with Gasteiger partial charge in [-0.2, -0.15) is 0 Å². The molecule has 0 radical (unpaired) electrons. The first-order valence-electron chi connectivity index (χ1n) is 11.0. The van der Waals surface area contributed by atoms with Crippen LogP contribution in [0.25, 0.3) is 16.7 Å². The van der Waals surface area contributed by atoms with Crippen LogP contribution >= 0.6 is 0 Å². The molecule has 166 valence electrons. The number of H-pyrrole nitrogens is 1. The molecule has 1 saturated heterocycles. The third-order valence-electron chi connectivity index (χ3n) is 5.97. The summed E-state index contributed by atoms with van der Waals surface area (Å²) in [5.41, 5.74) is 4.10. The third kappa shape index (κ3) is 3.45. The van der Waals surface area contributed by atoms with Gasteiger partial charge in [-0.25, -0.2) is 0 Å². The summed E-state index contributed by atoms with van der Waals surface area (Å²) in [5, 5.41) is 12.2. The lowest BCUT2D eigenvalue weighted by molar-refractivity contribution is -0.139. The molecule has 1 unspecified atom stereocenters. The maximum absolute atomic E-state index is 13.2. The van der Waals surface area contributed by atoms with Gasteiger partial charge in [-0.05, 0) is 57.0 Å². The molecule has 3 aromatic rings. The summed E-state index contributed by atoms with van der Waals surface area (Å²) in [5.74, 6) is -0.676. The van der Waals surface area contributed by atoms with Crippen molar-refractivity contribution >= 4 is 28.4 Å². The Morgan fingerprint density at radius 3 is 2.56 bits per heavy atom. The van der Waals surface area contributed by atoms with Gasteiger partial charge in [0.15, 0.2) is 0 Å². The largest absolute Gasteiger partial charge is 0.507 e. The van der Waals surface area contributed by atoms with E-state index in [0.717, 1.165) is 33.5 Å². The number of carbonyl (C=O) groups excluding carboxylic acids is 2. The first-order chi connectivity index (χ1) is 15.4. The Morgan fingerprint density at radius 2 is 1.88 bits per heavy atom. The molecule has 32 heavy (non-hydrogen) atoms. The number of nitrogens with zero attached hydrogens (tertiary/aromatic N) is 1. The fraction of sp³-hybridized carbons (Fsp3) is 0.308. The van der Waals surface area contributed by atoms with Gasteiger partial charge in [0.05, 0.1) is 18.2 Å². The Morgan fingerprint density at radius 1 is 1.12 bits per heavy atom. The van der Waals surface area contributed by atoms with Crippen LogP contribution in [0.2, 0.25) is 0 Å². The molecule has 4 rings (SSSR count). The van der Waals surface area contributed by atoms with Gasteiger partial charge in [-0.15, -0.1) is 0 Å². The molecule has 1 aliphatic rings. The highest BCUT2D eigenvalue weighted by Gasteiger charge is 2.47. The maximum Gasteiger partial charge on any atom is 0.295 e. The zero-order valence-corrected chi connectivity index (χ0v) is 18.9. The molecular formula is C26H28N2O4. The van der Waals surface area contributed by atoms with Crippen molar-refractivity contribution in [3.63, 3.8) is 0 Å². The lowest BCUT2D eigenvalue weighted by Crippen LogP contribution is -2.30. The van der Waals surface area contributed by atoms with Gasteiger partial charge < -0.3 is 19.7 Å². The van der Waals surface area contributed by atoms with Crippen molar-refractivity contribution in [2.75, 3.05) is 13.2 Å². The minimum atomic E-state index is -0.655. The summed E-state index contributed by atoms with van der Waals surface area (Å²) < 4.78 is 5.60. The number of Topliss-reactive ketones (excluding diaryl/α,β-unsaturated/α-hetero) is 1. The monoisotopic (exact) mass is 432 g/mol. The molecular weight excluding hydrogens is 404 g/mol. The number of likely N-dealkylation sites (tertiary alicyclic amines) is 1. The molecule has 0 spiro atoms. The topological polar surface area (TPSA) is 82.6 Å². The van der Waals surface area contributed by atoms with Crippen LogP contribution in [0, 0.1) is 13.8 Å². The molecule has 0 aliphatic carbocycles. The smallest absolute Gasteiger partial charge is 0.295 e. The van der Waals surface area contributed by atoms with Gasteiger partial charge in [0, 0.05) is 34.3 Å². The number of nitrogens with one attached hydrogen (secondary N) is 1. The number of carbonyl (C=O) groups is 2. The lowest BCUT2D eigenvalue weighted by atomic mass is 9.93. The van der Waals surface area contributed by atoms with E-state index < -0.39 is 17.7 Å². The molecule has 1 aromatic heterocycles. The number of aromatic nitrogens is 1. The zero-order valence-electron chi connectivity index (χ0n) is 18.9. The third-order valence-corrected chi connectivity index (χ3v) is 5.97. The number of aryl methyl sites for hydroxylation is 2. The Hall–Kier alpha value is -3.54. The fourth-order valence-electron chi connectivity index (χ4n) is 4.57. The summed E-state index contributed by atoms with van der Waals surface area (Å²) in [4.78, 5) is 31.1. The van der Waals surface area contributed by atoms with Crippen molar-refractivity contribution in [3.8, 4) is 5.75 Å². The summed E-state index contributed by atoms with van der Waals surface area (Å²) in [6.45, 7) is 8.66. The maximum atomic E-state index is 13.2. The van der Waals surface area contributed by atoms with E-state index in [1.165, 1.54) is 0 Å². The number of rotatable bonds is 6. The SMILES string of the molecule is CCCN1C(=O)C(=O)/C(=C(/O)c2ccc(OCC)c(C)c2)C1c1c(C)[nH]c2ccccc12. The second-order valence-corrected chi connectivity index (χ2v) is 8.12. The molecule has 0 saturated carbocycles. The van der Waals surface area contributed by atoms with Crippen molar-refractivity contribution < 1.29 is 19.4 Å². The van der Waals surface area contributed by atoms with Crippen molar-refractivity contribution in [3.05, 3.63) is 70.4 Å². The first kappa shape index (κ1) is 21.7. The number of aliphatic hydroxyl groups is 1. The number of aromatic amines is 1. The van der Waals surface area contributed by atoms with Crippen LogP contribution in [-0.4, -0.2) is 39.8 Å². The van der Waals surface area contributed by atoms with Gasteiger partial charge in [0.2, 0.25) is 0 Å². The summed E-state index contributed by atoms with van der Waals surface area (Å²) >= 11 is 0. The van der Waals surface area contributed by atoms with Gasteiger partial charge in [0.1, 0.15) is 11.5 Å². The van der Waals surface area contributed by atoms with Crippen LogP contribution in [0.15, 0.2) is 48.0 Å². The van der Waals surface area contributed by atoms with Gasteiger partial charge in [-0.1, -0.05) is 25.1 Å². The Kier molecular flexibility index (Phi) is 5.78. The molecule has 2 N–H and O–H groups in total. The minimum Gasteiger partial charge on any atom is -0.507 e. The number of aliphatic hydroxyl groups excluding tert-OH is 1. The van der Waals surface area contributed by atoms with Crippen molar-refractivity contribution in [2.45, 2.75) is 40.2 Å². The van der Waals surface area contributed by atoms with Crippen LogP contribution in [-0.2, 0) is 9.59 Å². The van der Waals surface area contributed by atoms with E-state index in [0.29, 0.717) is 25.1 Å². The molecule has 6 heteroatoms. The molecule has 1 aliphatic heterocycles. The molecule has 2 aromatic carbocycles. The predicted octanol–water partition coefficient (Wildman–Crippen LogP) is 5.02.